The number of carbonyl (C=O) groups excluding carboxylic acids is 3. The predicted octanol–water partition coefficient (Wildman–Crippen LogP) is 16.1. The van der Waals surface area contributed by atoms with Crippen molar-refractivity contribution in [3.8, 4) is 0 Å². The van der Waals surface area contributed by atoms with Crippen LogP contribution in [0.3, 0.4) is 0 Å². The second-order valence-corrected chi connectivity index (χ2v) is 16.4. The van der Waals surface area contributed by atoms with Crippen LogP contribution in [0.15, 0.2) is 60.8 Å². The van der Waals surface area contributed by atoms with Crippen molar-refractivity contribution in [2.24, 2.45) is 0 Å². The number of carbonyl (C=O) groups is 3. The number of ether oxygens (including phenoxy) is 3. The Morgan fingerprint density at radius 2 is 0.661 bits per heavy atom. The molecule has 0 aromatic carbocycles. The minimum Gasteiger partial charge on any atom is -0.462 e. The van der Waals surface area contributed by atoms with Gasteiger partial charge in [-0.3, -0.25) is 14.4 Å². The van der Waals surface area contributed by atoms with Crippen molar-refractivity contribution >= 4 is 17.9 Å². The Balaban J connectivity index is 4.42. The van der Waals surface area contributed by atoms with Crippen molar-refractivity contribution in [2.45, 2.75) is 245 Å². The van der Waals surface area contributed by atoms with Crippen molar-refractivity contribution in [3.05, 3.63) is 60.8 Å². The van der Waals surface area contributed by atoms with Crippen LogP contribution >= 0.6 is 0 Å². The highest BCUT2D eigenvalue weighted by molar-refractivity contribution is 5.71. The summed E-state index contributed by atoms with van der Waals surface area (Å²) in [6.45, 7) is 6.45. The number of esters is 3. The van der Waals surface area contributed by atoms with Crippen LogP contribution in [0, 0.1) is 0 Å². The zero-order valence-electron chi connectivity index (χ0n) is 38.8. The summed E-state index contributed by atoms with van der Waals surface area (Å²) in [5.41, 5.74) is 0. The molecule has 0 aromatic rings. The topological polar surface area (TPSA) is 78.9 Å². The molecule has 0 rings (SSSR count). The molecule has 0 N–H and O–H groups in total. The average molecular weight is 825 g/mol. The molecule has 59 heavy (non-hydrogen) atoms. The lowest BCUT2D eigenvalue weighted by atomic mass is 10.0. The number of rotatable bonds is 44. The Morgan fingerprint density at radius 3 is 1.07 bits per heavy atom. The van der Waals surface area contributed by atoms with Crippen LogP contribution in [0.5, 0.6) is 0 Å². The highest BCUT2D eigenvalue weighted by Gasteiger charge is 2.19. The number of allylic oxidation sites excluding steroid dienone is 10. The fourth-order valence-corrected chi connectivity index (χ4v) is 6.84. The van der Waals surface area contributed by atoms with Crippen molar-refractivity contribution in [2.75, 3.05) is 13.2 Å². The van der Waals surface area contributed by atoms with Gasteiger partial charge in [0.25, 0.3) is 0 Å². The van der Waals surface area contributed by atoms with Crippen molar-refractivity contribution in [1.29, 1.82) is 0 Å². The summed E-state index contributed by atoms with van der Waals surface area (Å²) in [5, 5.41) is 0. The summed E-state index contributed by atoms with van der Waals surface area (Å²) in [6, 6.07) is 0. The van der Waals surface area contributed by atoms with Crippen LogP contribution in [0.4, 0.5) is 0 Å². The van der Waals surface area contributed by atoms with Crippen LogP contribution in [-0.4, -0.2) is 37.2 Å². The molecule has 6 heteroatoms. The summed E-state index contributed by atoms with van der Waals surface area (Å²) in [4.78, 5) is 37.9. The summed E-state index contributed by atoms with van der Waals surface area (Å²) >= 11 is 0. The fraction of sp³-hybridized carbons (Fsp3) is 0.755. The van der Waals surface area contributed by atoms with Gasteiger partial charge in [-0.1, -0.05) is 216 Å². The van der Waals surface area contributed by atoms with E-state index >= 15 is 0 Å². The number of unbranched alkanes of at least 4 members (excludes halogenated alkanes) is 26. The van der Waals surface area contributed by atoms with E-state index in [-0.39, 0.29) is 31.1 Å². The quantitative estimate of drug-likeness (QED) is 0.0263. The van der Waals surface area contributed by atoms with Crippen molar-refractivity contribution < 1.29 is 28.6 Å². The fourth-order valence-electron chi connectivity index (χ4n) is 6.84. The van der Waals surface area contributed by atoms with Gasteiger partial charge in [0.1, 0.15) is 13.2 Å². The predicted molar refractivity (Wildman–Crippen MR) is 251 cm³/mol. The van der Waals surface area contributed by atoms with Gasteiger partial charge in [-0.15, -0.1) is 0 Å². The van der Waals surface area contributed by atoms with Gasteiger partial charge in [0, 0.05) is 19.3 Å². The third-order valence-corrected chi connectivity index (χ3v) is 10.6. The molecular formula is C53H92O6. The Labute approximate surface area is 364 Å². The number of hydrogen-bond acceptors (Lipinski definition) is 6. The summed E-state index contributed by atoms with van der Waals surface area (Å²) < 4.78 is 16.7. The molecular weight excluding hydrogens is 733 g/mol. The van der Waals surface area contributed by atoms with E-state index in [2.05, 4.69) is 81.5 Å². The molecule has 0 aliphatic rings. The van der Waals surface area contributed by atoms with Crippen molar-refractivity contribution in [3.63, 3.8) is 0 Å². The molecule has 0 spiro atoms. The molecule has 0 aromatic heterocycles. The maximum absolute atomic E-state index is 12.8. The second-order valence-electron chi connectivity index (χ2n) is 16.4. The highest BCUT2D eigenvalue weighted by Crippen LogP contribution is 2.15. The van der Waals surface area contributed by atoms with E-state index in [9.17, 15) is 14.4 Å². The maximum Gasteiger partial charge on any atom is 0.306 e. The zero-order valence-corrected chi connectivity index (χ0v) is 38.8. The molecule has 0 saturated heterocycles. The van der Waals surface area contributed by atoms with Crippen LogP contribution in [0.25, 0.3) is 0 Å². The van der Waals surface area contributed by atoms with E-state index in [1.165, 1.54) is 109 Å². The summed E-state index contributed by atoms with van der Waals surface area (Å²) in [7, 11) is 0. The van der Waals surface area contributed by atoms with Gasteiger partial charge in [0.2, 0.25) is 0 Å². The number of hydrogen-bond donors (Lipinski definition) is 0. The zero-order chi connectivity index (χ0) is 43.0. The van der Waals surface area contributed by atoms with Gasteiger partial charge < -0.3 is 14.2 Å². The standard InChI is InChI=1S/C53H92O6/c1-4-7-10-13-16-19-22-25-26-29-31-34-37-40-43-46-52(55)58-49-50(59-53(56)47-44-41-38-35-32-28-24-21-18-15-12-9-6-3)48-57-51(54)45-42-39-36-33-30-27-23-20-17-14-11-8-5-2/h9,12,15-16,18-19,21-22,24-25,50H,4-8,10-11,13-14,17,20,23,26-49H2,1-3H3/b12-9-,18-15-,19-16-,24-21-,25-22-. The Morgan fingerprint density at radius 1 is 0.356 bits per heavy atom. The van der Waals surface area contributed by atoms with Gasteiger partial charge in [-0.2, -0.15) is 0 Å². The van der Waals surface area contributed by atoms with Gasteiger partial charge in [0.05, 0.1) is 0 Å². The molecule has 6 nitrogen and oxygen atoms in total. The van der Waals surface area contributed by atoms with Crippen molar-refractivity contribution in [1.82, 2.24) is 0 Å². The molecule has 1 atom stereocenters. The monoisotopic (exact) mass is 825 g/mol. The van der Waals surface area contributed by atoms with E-state index < -0.39 is 6.10 Å². The normalized spacial score (nSPS) is 12.5. The first kappa shape index (κ1) is 56.1. The van der Waals surface area contributed by atoms with E-state index in [0.29, 0.717) is 19.3 Å². The second kappa shape index (κ2) is 47.8. The smallest absolute Gasteiger partial charge is 0.306 e. The molecule has 1 unspecified atom stereocenters. The van der Waals surface area contributed by atoms with E-state index in [1.54, 1.807) is 0 Å². The average Bonchev–Trinajstić information content (AvgIpc) is 3.23. The van der Waals surface area contributed by atoms with Crippen LogP contribution in [0.1, 0.15) is 239 Å². The van der Waals surface area contributed by atoms with Gasteiger partial charge >= 0.3 is 17.9 Å². The Hall–Kier alpha value is -2.89. The van der Waals surface area contributed by atoms with Crippen LogP contribution in [0.2, 0.25) is 0 Å². The third kappa shape index (κ3) is 46.0. The first-order valence-corrected chi connectivity index (χ1v) is 24.8. The largest absolute Gasteiger partial charge is 0.462 e. The van der Waals surface area contributed by atoms with Gasteiger partial charge in [-0.25, -0.2) is 0 Å². The first-order valence-electron chi connectivity index (χ1n) is 24.8. The van der Waals surface area contributed by atoms with Gasteiger partial charge in [0.15, 0.2) is 6.10 Å². The molecule has 0 fully saturated rings. The molecule has 0 radical (unpaired) electrons. The molecule has 0 aliphatic carbocycles. The lowest BCUT2D eigenvalue weighted by Crippen LogP contribution is -2.30. The lowest BCUT2D eigenvalue weighted by molar-refractivity contribution is -0.167. The first-order chi connectivity index (χ1) is 29.0. The molecule has 0 bridgehead atoms. The molecule has 340 valence electrons. The highest BCUT2D eigenvalue weighted by atomic mass is 16.6. The lowest BCUT2D eigenvalue weighted by Gasteiger charge is -2.18. The maximum atomic E-state index is 12.8. The van der Waals surface area contributed by atoms with E-state index in [1.807, 2.05) is 0 Å². The molecule has 0 saturated carbocycles. The van der Waals surface area contributed by atoms with E-state index in [0.717, 1.165) is 89.9 Å². The summed E-state index contributed by atoms with van der Waals surface area (Å²) in [5.74, 6) is -0.915. The SMILES string of the molecule is CC\C=C/C=C\C=C/CCCCCCCC(=O)OC(COC(=O)CCCCCCCC/C=C\C=C/CCCCC)COC(=O)CCCCCCCCCCCCCCC. The van der Waals surface area contributed by atoms with Gasteiger partial charge in [-0.05, 0) is 64.2 Å². The Bertz CT molecular complexity index is 1090. The molecule has 0 amide bonds. The van der Waals surface area contributed by atoms with E-state index in [4.69, 9.17) is 14.2 Å². The third-order valence-electron chi connectivity index (χ3n) is 10.6. The summed E-state index contributed by atoms with van der Waals surface area (Å²) in [6.07, 6.45) is 57.7. The Kier molecular flexibility index (Phi) is 45.4. The minimum absolute atomic E-state index is 0.0850. The minimum atomic E-state index is -0.786. The molecule has 0 aliphatic heterocycles. The molecule has 0 heterocycles. The van der Waals surface area contributed by atoms with Crippen LogP contribution in [-0.2, 0) is 28.6 Å². The van der Waals surface area contributed by atoms with Crippen LogP contribution < -0.4 is 0 Å².